The maximum Gasteiger partial charge on any atom is 0.227 e. The molecule has 3 atom stereocenters. The van der Waals surface area contributed by atoms with E-state index in [1.807, 2.05) is 51.2 Å². The first-order valence-electron chi connectivity index (χ1n) is 8.89. The molecule has 1 aliphatic heterocycles. The van der Waals surface area contributed by atoms with Gasteiger partial charge in [0.2, 0.25) is 5.91 Å². The normalized spacial score (nSPS) is 22.3. The number of anilines is 1. The molecule has 25 heavy (non-hydrogen) atoms. The first kappa shape index (κ1) is 19.5. The van der Waals surface area contributed by atoms with E-state index >= 15 is 0 Å². The van der Waals surface area contributed by atoms with Crippen LogP contribution < -0.4 is 15.0 Å². The van der Waals surface area contributed by atoms with Crippen LogP contribution in [0.3, 0.4) is 0 Å². The summed E-state index contributed by atoms with van der Waals surface area (Å²) < 4.78 is 6.29. The monoisotopic (exact) mass is 349 g/mol. The zero-order chi connectivity index (χ0) is 18.6. The molecule has 0 aromatic heterocycles. The second-order valence-corrected chi connectivity index (χ2v) is 7.13. The fraction of sp³-hybridized carbons (Fsp3) is 0.632. The Hall–Kier alpha value is -1.79. The third-order valence-corrected chi connectivity index (χ3v) is 4.82. The van der Waals surface area contributed by atoms with Crippen molar-refractivity contribution >= 4 is 11.6 Å². The van der Waals surface area contributed by atoms with Gasteiger partial charge < -0.3 is 25.0 Å². The Balaban J connectivity index is 2.44. The average molecular weight is 349 g/mol. The third kappa shape index (κ3) is 4.64. The van der Waals surface area contributed by atoms with E-state index in [1.165, 1.54) is 0 Å². The third-order valence-electron chi connectivity index (χ3n) is 4.82. The predicted molar refractivity (Wildman–Crippen MR) is 100 cm³/mol. The van der Waals surface area contributed by atoms with Crippen LogP contribution >= 0.6 is 0 Å². The maximum atomic E-state index is 12.9. The van der Waals surface area contributed by atoms with Crippen LogP contribution in [0, 0.1) is 5.92 Å². The van der Waals surface area contributed by atoms with E-state index in [2.05, 4.69) is 12.2 Å². The zero-order valence-electron chi connectivity index (χ0n) is 16.0. The van der Waals surface area contributed by atoms with Gasteiger partial charge in [0.15, 0.2) is 0 Å². The lowest BCUT2D eigenvalue weighted by atomic mass is 10.0. The van der Waals surface area contributed by atoms with Gasteiger partial charge in [0.05, 0.1) is 19.1 Å². The van der Waals surface area contributed by atoms with E-state index in [4.69, 9.17) is 4.74 Å². The summed E-state index contributed by atoms with van der Waals surface area (Å²) in [6, 6.07) is 5.78. The summed E-state index contributed by atoms with van der Waals surface area (Å²) in [5.74, 6) is 0.939. The lowest BCUT2D eigenvalue weighted by Gasteiger charge is -2.32. The number of aliphatic hydroxyl groups excluding tert-OH is 1. The standard InChI is InChI=1S/C19H31N3O3/c1-13-11-22(14(2)12-23)19(24)9-15-8-16(21(4)5)6-7-17(15)25-18(13)10-20-3/h6-8,13-14,18,20,23H,9-12H2,1-5H3/t13-,14-,18+/m0/s1. The second kappa shape index (κ2) is 8.54. The van der Waals surface area contributed by atoms with Crippen molar-refractivity contribution in [1.29, 1.82) is 0 Å². The van der Waals surface area contributed by atoms with Crippen LogP contribution in [0.25, 0.3) is 0 Å². The Morgan fingerprint density at radius 3 is 2.76 bits per heavy atom. The summed E-state index contributed by atoms with van der Waals surface area (Å²) in [5.41, 5.74) is 1.93. The predicted octanol–water partition coefficient (Wildman–Crippen LogP) is 1.12. The van der Waals surface area contributed by atoms with Gasteiger partial charge in [0, 0.05) is 44.4 Å². The van der Waals surface area contributed by atoms with Gasteiger partial charge >= 0.3 is 0 Å². The molecular weight excluding hydrogens is 318 g/mol. The van der Waals surface area contributed by atoms with E-state index in [0.717, 1.165) is 17.0 Å². The molecule has 0 spiro atoms. The molecule has 0 unspecified atom stereocenters. The highest BCUT2D eigenvalue weighted by molar-refractivity contribution is 5.80. The Bertz CT molecular complexity index is 591. The van der Waals surface area contributed by atoms with E-state index in [0.29, 0.717) is 13.1 Å². The Kier molecular flexibility index (Phi) is 6.67. The fourth-order valence-corrected chi connectivity index (χ4v) is 3.14. The zero-order valence-corrected chi connectivity index (χ0v) is 16.0. The Morgan fingerprint density at radius 1 is 1.44 bits per heavy atom. The number of nitrogens with one attached hydrogen (secondary N) is 1. The molecule has 1 amide bonds. The number of likely N-dealkylation sites (N-methyl/N-ethyl adjacent to an activating group) is 1. The van der Waals surface area contributed by atoms with Gasteiger partial charge in [-0.1, -0.05) is 6.92 Å². The topological polar surface area (TPSA) is 65.0 Å². The molecule has 1 aromatic rings. The summed E-state index contributed by atoms with van der Waals surface area (Å²) in [6.07, 6.45) is 0.230. The summed E-state index contributed by atoms with van der Waals surface area (Å²) in [7, 11) is 5.86. The van der Waals surface area contributed by atoms with E-state index in [1.54, 1.807) is 4.90 Å². The highest BCUT2D eigenvalue weighted by Crippen LogP contribution is 2.29. The highest BCUT2D eigenvalue weighted by atomic mass is 16.5. The fourth-order valence-electron chi connectivity index (χ4n) is 3.14. The number of hydrogen-bond acceptors (Lipinski definition) is 5. The van der Waals surface area contributed by atoms with Crippen molar-refractivity contribution in [3.63, 3.8) is 0 Å². The molecule has 2 rings (SSSR count). The Labute approximate surface area is 150 Å². The number of rotatable bonds is 5. The van der Waals surface area contributed by atoms with E-state index in [9.17, 15) is 9.90 Å². The molecule has 0 radical (unpaired) electrons. The lowest BCUT2D eigenvalue weighted by molar-refractivity contribution is -0.134. The van der Waals surface area contributed by atoms with Gasteiger partial charge in [-0.15, -0.1) is 0 Å². The van der Waals surface area contributed by atoms with Crippen LogP contribution in [-0.2, 0) is 11.2 Å². The highest BCUT2D eigenvalue weighted by Gasteiger charge is 2.30. The number of carbonyl (C=O) groups excluding carboxylic acids is 1. The first-order valence-corrected chi connectivity index (χ1v) is 8.89. The SMILES string of the molecule is CNC[C@H]1Oc2ccc(N(C)C)cc2CC(=O)N([C@@H](C)CO)C[C@@H]1C. The van der Waals surface area contributed by atoms with Gasteiger partial charge in [-0.3, -0.25) is 4.79 Å². The van der Waals surface area contributed by atoms with Crippen LogP contribution in [0.2, 0.25) is 0 Å². The average Bonchev–Trinajstić information content (AvgIpc) is 2.63. The van der Waals surface area contributed by atoms with Crippen LogP contribution in [0.5, 0.6) is 5.75 Å². The number of aliphatic hydroxyl groups is 1. The van der Waals surface area contributed by atoms with Crippen molar-refractivity contribution in [1.82, 2.24) is 10.2 Å². The van der Waals surface area contributed by atoms with Crippen LogP contribution in [-0.4, -0.2) is 68.9 Å². The van der Waals surface area contributed by atoms with Crippen molar-refractivity contribution in [2.75, 3.05) is 45.7 Å². The summed E-state index contributed by atoms with van der Waals surface area (Å²) in [6.45, 7) is 5.20. The number of carbonyl (C=O) groups is 1. The minimum atomic E-state index is -0.205. The summed E-state index contributed by atoms with van der Waals surface area (Å²) >= 11 is 0. The van der Waals surface area contributed by atoms with Gasteiger partial charge in [0.1, 0.15) is 11.9 Å². The molecule has 140 valence electrons. The summed E-state index contributed by atoms with van der Waals surface area (Å²) in [5, 5.41) is 12.7. The van der Waals surface area contributed by atoms with Crippen LogP contribution in [0.1, 0.15) is 19.4 Å². The number of benzene rings is 1. The van der Waals surface area contributed by atoms with Gasteiger partial charge in [-0.05, 0) is 32.2 Å². The number of amides is 1. The molecule has 0 aliphatic carbocycles. The maximum absolute atomic E-state index is 12.9. The van der Waals surface area contributed by atoms with Crippen molar-refractivity contribution in [2.45, 2.75) is 32.4 Å². The van der Waals surface area contributed by atoms with Crippen molar-refractivity contribution < 1.29 is 14.6 Å². The molecular formula is C19H31N3O3. The van der Waals surface area contributed by atoms with Crippen molar-refractivity contribution in [3.8, 4) is 5.75 Å². The quantitative estimate of drug-likeness (QED) is 0.834. The molecule has 1 aliphatic rings. The second-order valence-electron chi connectivity index (χ2n) is 7.13. The molecule has 2 N–H and O–H groups in total. The molecule has 1 aromatic carbocycles. The number of hydrogen-bond donors (Lipinski definition) is 2. The summed E-state index contributed by atoms with van der Waals surface area (Å²) in [4.78, 5) is 16.7. The smallest absolute Gasteiger partial charge is 0.227 e. The minimum absolute atomic E-state index is 0.0271. The largest absolute Gasteiger partial charge is 0.488 e. The lowest BCUT2D eigenvalue weighted by Crippen LogP contribution is -2.47. The van der Waals surface area contributed by atoms with Gasteiger partial charge in [-0.25, -0.2) is 0 Å². The van der Waals surface area contributed by atoms with Crippen LogP contribution in [0.4, 0.5) is 5.69 Å². The molecule has 1 heterocycles. The molecule has 6 heteroatoms. The van der Waals surface area contributed by atoms with Gasteiger partial charge in [-0.2, -0.15) is 0 Å². The molecule has 0 fully saturated rings. The molecule has 0 saturated carbocycles. The van der Waals surface area contributed by atoms with Gasteiger partial charge in [0.25, 0.3) is 0 Å². The van der Waals surface area contributed by atoms with E-state index in [-0.39, 0.29) is 37.0 Å². The first-order chi connectivity index (χ1) is 11.9. The minimum Gasteiger partial charge on any atom is -0.488 e. The van der Waals surface area contributed by atoms with Crippen LogP contribution in [0.15, 0.2) is 18.2 Å². The number of nitrogens with zero attached hydrogens (tertiary/aromatic N) is 2. The van der Waals surface area contributed by atoms with E-state index < -0.39 is 0 Å². The molecule has 0 bridgehead atoms. The Morgan fingerprint density at radius 2 is 2.16 bits per heavy atom. The molecule has 6 nitrogen and oxygen atoms in total. The van der Waals surface area contributed by atoms with Crippen molar-refractivity contribution in [3.05, 3.63) is 23.8 Å². The number of ether oxygens (including phenoxy) is 1. The molecule has 0 saturated heterocycles. The number of fused-ring (bicyclic) bond motifs is 1. The van der Waals surface area contributed by atoms with Crippen molar-refractivity contribution in [2.24, 2.45) is 5.92 Å².